The molecule has 0 atom stereocenters. The van der Waals surface area contributed by atoms with Crippen molar-refractivity contribution in [2.24, 2.45) is 5.92 Å². The lowest BCUT2D eigenvalue weighted by atomic mass is 9.98. The number of ether oxygens (including phenoxy) is 1. The molecule has 1 aromatic heterocycles. The molecule has 0 bridgehead atoms. The minimum atomic E-state index is -3.19. The molecular weight excluding hydrogens is 354 g/mol. The number of carbonyl (C=O) groups is 1. The topological polar surface area (TPSA) is 89.5 Å². The summed E-state index contributed by atoms with van der Waals surface area (Å²) < 4.78 is 30.7. The van der Waals surface area contributed by atoms with E-state index in [-0.39, 0.29) is 24.2 Å². The Labute approximate surface area is 153 Å². The Morgan fingerprint density at radius 3 is 2.42 bits per heavy atom. The van der Waals surface area contributed by atoms with Crippen molar-refractivity contribution in [1.82, 2.24) is 14.3 Å². The third kappa shape index (κ3) is 4.02. The summed E-state index contributed by atoms with van der Waals surface area (Å²) in [5.74, 6) is -0.484. The highest BCUT2D eigenvalue weighted by atomic mass is 32.2. The van der Waals surface area contributed by atoms with Crippen LogP contribution in [0, 0.1) is 12.8 Å². The lowest BCUT2D eigenvalue weighted by molar-refractivity contribution is -0.151. The van der Waals surface area contributed by atoms with Crippen molar-refractivity contribution in [2.75, 3.05) is 18.8 Å². The van der Waals surface area contributed by atoms with Crippen LogP contribution in [0.5, 0.6) is 0 Å². The van der Waals surface area contributed by atoms with Crippen molar-refractivity contribution < 1.29 is 17.9 Å². The first-order chi connectivity index (χ1) is 12.4. The van der Waals surface area contributed by atoms with Gasteiger partial charge < -0.3 is 4.74 Å². The maximum Gasteiger partial charge on any atom is 0.309 e. The largest absolute Gasteiger partial charge is 0.459 e. The molecule has 2 heterocycles. The lowest BCUT2D eigenvalue weighted by Crippen LogP contribution is -2.41. The van der Waals surface area contributed by atoms with Crippen molar-refractivity contribution in [3.8, 4) is 0 Å². The molecule has 1 aliphatic heterocycles. The van der Waals surface area contributed by atoms with Gasteiger partial charge in [-0.2, -0.15) is 0 Å². The number of hydrogen-bond acceptors (Lipinski definition) is 6. The Balaban J connectivity index is 1.59. The predicted octanol–water partition coefficient (Wildman–Crippen LogP) is 2.04. The molecule has 1 saturated heterocycles. The first-order valence-electron chi connectivity index (χ1n) is 8.77. The van der Waals surface area contributed by atoms with E-state index in [1.54, 1.807) is 6.92 Å². The van der Waals surface area contributed by atoms with Crippen LogP contribution in [-0.4, -0.2) is 47.5 Å². The Morgan fingerprint density at radius 2 is 1.81 bits per heavy atom. The van der Waals surface area contributed by atoms with E-state index < -0.39 is 10.0 Å². The molecule has 8 heteroatoms. The predicted molar refractivity (Wildman–Crippen MR) is 97.8 cm³/mol. The molecule has 0 aliphatic carbocycles. The second kappa shape index (κ2) is 7.67. The summed E-state index contributed by atoms with van der Waals surface area (Å²) in [4.78, 5) is 21.3. The molecule has 1 fully saturated rings. The zero-order valence-electron chi connectivity index (χ0n) is 15.0. The molecule has 1 aliphatic rings. The van der Waals surface area contributed by atoms with Crippen molar-refractivity contribution in [3.63, 3.8) is 0 Å². The van der Waals surface area contributed by atoms with Crippen LogP contribution in [0.2, 0.25) is 0 Å². The van der Waals surface area contributed by atoms with E-state index in [9.17, 15) is 13.2 Å². The number of carbonyl (C=O) groups excluding carboxylic acids is 1. The molecule has 3 rings (SSSR count). The van der Waals surface area contributed by atoms with Gasteiger partial charge in [0.25, 0.3) is 0 Å². The van der Waals surface area contributed by atoms with Gasteiger partial charge in [0.05, 0.1) is 34.1 Å². The summed E-state index contributed by atoms with van der Waals surface area (Å²) >= 11 is 0. The highest BCUT2D eigenvalue weighted by molar-refractivity contribution is 7.89. The van der Waals surface area contributed by atoms with E-state index in [0.717, 1.165) is 16.7 Å². The van der Waals surface area contributed by atoms with Gasteiger partial charge in [-0.3, -0.25) is 4.79 Å². The number of rotatable bonds is 5. The van der Waals surface area contributed by atoms with Gasteiger partial charge in [-0.05, 0) is 38.8 Å². The summed E-state index contributed by atoms with van der Waals surface area (Å²) in [6, 6.07) is 7.56. The monoisotopic (exact) mass is 377 g/mol. The second-order valence-electron chi connectivity index (χ2n) is 6.43. The van der Waals surface area contributed by atoms with Crippen molar-refractivity contribution in [1.29, 1.82) is 0 Å². The maximum absolute atomic E-state index is 12.3. The number of aromatic nitrogens is 2. The lowest BCUT2D eigenvalue weighted by Gasteiger charge is -2.29. The summed E-state index contributed by atoms with van der Waals surface area (Å²) in [7, 11) is -3.19. The van der Waals surface area contributed by atoms with Crippen LogP contribution in [0.4, 0.5) is 0 Å². The van der Waals surface area contributed by atoms with Gasteiger partial charge in [0, 0.05) is 13.1 Å². The number of nitrogens with zero attached hydrogens (tertiary/aromatic N) is 3. The van der Waals surface area contributed by atoms with E-state index in [4.69, 9.17) is 4.74 Å². The number of esters is 1. The Bertz CT molecular complexity index is 906. The second-order valence-corrected chi connectivity index (χ2v) is 8.68. The third-order valence-electron chi connectivity index (χ3n) is 4.74. The SMILES string of the molecule is CCS(=O)(=O)N1CCC(C(=O)OCc2nc3ccccc3nc2C)CC1. The van der Waals surface area contributed by atoms with E-state index >= 15 is 0 Å². The Kier molecular flexibility index (Phi) is 5.52. The van der Waals surface area contributed by atoms with E-state index in [1.165, 1.54) is 4.31 Å². The van der Waals surface area contributed by atoms with Gasteiger partial charge in [-0.1, -0.05) is 12.1 Å². The highest BCUT2D eigenvalue weighted by Gasteiger charge is 2.31. The number of piperidine rings is 1. The molecule has 0 amide bonds. The molecule has 2 aromatic rings. The Morgan fingerprint density at radius 1 is 1.19 bits per heavy atom. The number of hydrogen-bond donors (Lipinski definition) is 0. The van der Waals surface area contributed by atoms with Crippen molar-refractivity contribution in [2.45, 2.75) is 33.3 Å². The molecule has 0 N–H and O–H groups in total. The fourth-order valence-corrected chi connectivity index (χ4v) is 4.20. The minimum Gasteiger partial charge on any atom is -0.459 e. The molecule has 0 unspecified atom stereocenters. The van der Waals surface area contributed by atoms with Gasteiger partial charge in [-0.25, -0.2) is 22.7 Å². The van der Waals surface area contributed by atoms with Crippen LogP contribution in [0.1, 0.15) is 31.2 Å². The maximum atomic E-state index is 12.3. The fourth-order valence-electron chi connectivity index (χ4n) is 3.07. The summed E-state index contributed by atoms with van der Waals surface area (Å²) in [5, 5.41) is 0. The summed E-state index contributed by atoms with van der Waals surface area (Å²) in [6.45, 7) is 4.28. The molecular formula is C18H23N3O4S. The van der Waals surface area contributed by atoms with Crippen molar-refractivity contribution >= 4 is 27.0 Å². The number of benzene rings is 1. The zero-order chi connectivity index (χ0) is 18.7. The molecule has 7 nitrogen and oxygen atoms in total. The molecule has 26 heavy (non-hydrogen) atoms. The molecule has 140 valence electrons. The van der Waals surface area contributed by atoms with Gasteiger partial charge in [-0.15, -0.1) is 0 Å². The quantitative estimate of drug-likeness (QED) is 0.741. The standard InChI is InChI=1S/C18H23N3O4S/c1-3-26(23,24)21-10-8-14(9-11-21)18(22)25-12-17-13(2)19-15-6-4-5-7-16(15)20-17/h4-7,14H,3,8-12H2,1-2H3. The third-order valence-corrected chi connectivity index (χ3v) is 6.62. The average molecular weight is 377 g/mol. The van der Waals surface area contributed by atoms with Gasteiger partial charge in [0.15, 0.2) is 0 Å². The summed E-state index contributed by atoms with van der Waals surface area (Å²) in [6.07, 6.45) is 0.973. The number of sulfonamides is 1. The minimum absolute atomic E-state index is 0.0793. The van der Waals surface area contributed by atoms with Gasteiger partial charge in [0.1, 0.15) is 6.61 Å². The first-order valence-corrected chi connectivity index (χ1v) is 10.4. The van der Waals surface area contributed by atoms with Crippen LogP contribution in [0.25, 0.3) is 11.0 Å². The van der Waals surface area contributed by atoms with E-state index in [1.807, 2.05) is 31.2 Å². The zero-order valence-corrected chi connectivity index (χ0v) is 15.8. The fraction of sp³-hybridized carbons (Fsp3) is 0.500. The van der Waals surface area contributed by atoms with Crippen LogP contribution < -0.4 is 0 Å². The number of aryl methyl sites for hydroxylation is 1. The van der Waals surface area contributed by atoms with Crippen LogP contribution in [-0.2, 0) is 26.2 Å². The average Bonchev–Trinajstić information content (AvgIpc) is 2.66. The summed E-state index contributed by atoms with van der Waals surface area (Å²) in [5.41, 5.74) is 2.95. The van der Waals surface area contributed by atoms with Crippen LogP contribution in [0.15, 0.2) is 24.3 Å². The number of fused-ring (bicyclic) bond motifs is 1. The Hall–Kier alpha value is -2.06. The molecule has 0 saturated carbocycles. The van der Waals surface area contributed by atoms with Crippen LogP contribution >= 0.6 is 0 Å². The first kappa shape index (κ1) is 18.7. The normalized spacial score (nSPS) is 16.7. The van der Waals surface area contributed by atoms with E-state index in [2.05, 4.69) is 9.97 Å². The highest BCUT2D eigenvalue weighted by Crippen LogP contribution is 2.22. The molecule has 1 aromatic carbocycles. The number of para-hydroxylation sites is 2. The molecule has 0 spiro atoms. The smallest absolute Gasteiger partial charge is 0.309 e. The van der Waals surface area contributed by atoms with Crippen molar-refractivity contribution in [3.05, 3.63) is 35.7 Å². The molecule has 0 radical (unpaired) electrons. The van der Waals surface area contributed by atoms with Gasteiger partial charge in [0.2, 0.25) is 10.0 Å². The van der Waals surface area contributed by atoms with E-state index in [0.29, 0.717) is 31.6 Å². The van der Waals surface area contributed by atoms with Crippen LogP contribution in [0.3, 0.4) is 0 Å². The van der Waals surface area contributed by atoms with Gasteiger partial charge >= 0.3 is 5.97 Å².